The minimum Gasteiger partial charge on any atom is -0.394 e. The molecule has 0 radical (unpaired) electrons. The smallest absolute Gasteiger partial charge is 0.177 e. The Hall–Kier alpha value is -0.380. The van der Waals surface area contributed by atoms with Gasteiger partial charge >= 0.3 is 0 Å². The zero-order valence-corrected chi connectivity index (χ0v) is 5.99. The highest BCUT2D eigenvalue weighted by Crippen LogP contribution is 2.11. The Bertz CT molecular complexity index is 122. The summed E-state index contributed by atoms with van der Waals surface area (Å²) >= 11 is 0. The second kappa shape index (κ2) is 3.71. The Labute approximate surface area is 60.3 Å². The van der Waals surface area contributed by atoms with Crippen molar-refractivity contribution in [3.8, 4) is 0 Å². The molecule has 0 aromatic carbocycles. The topological polar surface area (TPSA) is 38.7 Å². The van der Waals surface area contributed by atoms with Gasteiger partial charge in [0.1, 0.15) is 6.10 Å². The third-order valence-electron chi connectivity index (χ3n) is 1.33. The summed E-state index contributed by atoms with van der Waals surface area (Å²) < 4.78 is 10.3. The molecule has 0 amide bonds. The normalized spacial score (nSPS) is 33.8. The number of ether oxygens (including phenoxy) is 2. The van der Waals surface area contributed by atoms with Crippen molar-refractivity contribution in [3.05, 3.63) is 12.2 Å². The molecular weight excluding hydrogens is 132 g/mol. The fourth-order valence-electron chi connectivity index (χ4n) is 0.824. The van der Waals surface area contributed by atoms with Gasteiger partial charge in [0.05, 0.1) is 13.2 Å². The van der Waals surface area contributed by atoms with E-state index in [1.54, 1.807) is 0 Å². The Morgan fingerprint density at radius 2 is 2.50 bits per heavy atom. The molecule has 0 bridgehead atoms. The van der Waals surface area contributed by atoms with Crippen LogP contribution in [0.5, 0.6) is 0 Å². The van der Waals surface area contributed by atoms with E-state index in [0.717, 1.165) is 0 Å². The summed E-state index contributed by atoms with van der Waals surface area (Å²) in [6.45, 7) is 2.43. The summed E-state index contributed by atoms with van der Waals surface area (Å²) in [7, 11) is 0. The summed E-state index contributed by atoms with van der Waals surface area (Å²) in [6, 6.07) is 0. The summed E-state index contributed by atoms with van der Waals surface area (Å²) in [6.07, 6.45) is 3.29. The molecule has 10 heavy (non-hydrogen) atoms. The van der Waals surface area contributed by atoms with Crippen LogP contribution in [0.3, 0.4) is 0 Å². The Morgan fingerprint density at radius 3 is 3.00 bits per heavy atom. The molecule has 0 aromatic heterocycles. The van der Waals surface area contributed by atoms with Crippen molar-refractivity contribution in [2.75, 3.05) is 13.2 Å². The predicted octanol–water partition coefficient (Wildman–Crippen LogP) is 0.296. The number of aliphatic hydroxyl groups excluding tert-OH is 1. The number of allylic oxidation sites excluding steroid dienone is 1. The van der Waals surface area contributed by atoms with E-state index in [9.17, 15) is 0 Å². The largest absolute Gasteiger partial charge is 0.394 e. The van der Waals surface area contributed by atoms with E-state index >= 15 is 0 Å². The van der Waals surface area contributed by atoms with Gasteiger partial charge in [-0.3, -0.25) is 0 Å². The van der Waals surface area contributed by atoms with Crippen molar-refractivity contribution in [2.24, 2.45) is 0 Å². The average Bonchev–Trinajstić information content (AvgIpc) is 2.37. The molecule has 58 valence electrons. The SMILES string of the molecule is C/C=C\C1OCC(CO)O1. The highest BCUT2D eigenvalue weighted by atomic mass is 16.7. The van der Waals surface area contributed by atoms with Crippen LogP contribution in [-0.2, 0) is 9.47 Å². The first-order valence-electron chi connectivity index (χ1n) is 3.37. The maximum atomic E-state index is 8.62. The first-order chi connectivity index (χ1) is 4.86. The molecule has 0 saturated carbocycles. The molecule has 2 unspecified atom stereocenters. The van der Waals surface area contributed by atoms with Gasteiger partial charge in [-0.15, -0.1) is 0 Å². The lowest BCUT2D eigenvalue weighted by Crippen LogP contribution is -2.15. The first kappa shape index (κ1) is 7.72. The molecule has 3 nitrogen and oxygen atoms in total. The number of hydrogen-bond donors (Lipinski definition) is 1. The zero-order valence-electron chi connectivity index (χ0n) is 5.99. The monoisotopic (exact) mass is 144 g/mol. The van der Waals surface area contributed by atoms with E-state index < -0.39 is 0 Å². The molecule has 1 fully saturated rings. The summed E-state index contributed by atoms with van der Waals surface area (Å²) in [5.74, 6) is 0. The van der Waals surface area contributed by atoms with Crippen LogP contribution in [0.1, 0.15) is 6.92 Å². The van der Waals surface area contributed by atoms with Crippen molar-refractivity contribution < 1.29 is 14.6 Å². The van der Waals surface area contributed by atoms with E-state index in [2.05, 4.69) is 0 Å². The van der Waals surface area contributed by atoms with Crippen molar-refractivity contribution in [2.45, 2.75) is 19.3 Å². The Balaban J connectivity index is 2.28. The van der Waals surface area contributed by atoms with Gasteiger partial charge < -0.3 is 14.6 Å². The molecule has 3 heteroatoms. The van der Waals surface area contributed by atoms with Crippen molar-refractivity contribution >= 4 is 0 Å². The Kier molecular flexibility index (Phi) is 2.86. The quantitative estimate of drug-likeness (QED) is 0.566. The van der Waals surface area contributed by atoms with Gasteiger partial charge in [-0.25, -0.2) is 0 Å². The van der Waals surface area contributed by atoms with Crippen LogP contribution in [0.15, 0.2) is 12.2 Å². The number of hydrogen-bond acceptors (Lipinski definition) is 3. The molecule has 1 saturated heterocycles. The van der Waals surface area contributed by atoms with Crippen LogP contribution in [-0.4, -0.2) is 30.7 Å². The molecule has 1 rings (SSSR count). The molecule has 1 N–H and O–H groups in total. The Morgan fingerprint density at radius 1 is 1.70 bits per heavy atom. The van der Waals surface area contributed by atoms with Gasteiger partial charge in [-0.2, -0.15) is 0 Å². The zero-order chi connectivity index (χ0) is 7.40. The standard InChI is InChI=1S/C7H12O3/c1-2-3-7-9-5-6(4-8)10-7/h2-3,6-8H,4-5H2,1H3/b3-2-. The molecule has 0 aromatic rings. The summed E-state index contributed by atoms with van der Waals surface area (Å²) in [5.41, 5.74) is 0. The lowest BCUT2D eigenvalue weighted by molar-refractivity contribution is -0.0299. The van der Waals surface area contributed by atoms with Crippen LogP contribution in [0, 0.1) is 0 Å². The fourth-order valence-corrected chi connectivity index (χ4v) is 0.824. The fraction of sp³-hybridized carbons (Fsp3) is 0.714. The number of rotatable bonds is 2. The van der Waals surface area contributed by atoms with Crippen molar-refractivity contribution in [1.82, 2.24) is 0 Å². The first-order valence-corrected chi connectivity index (χ1v) is 3.37. The van der Waals surface area contributed by atoms with Gasteiger partial charge in [0.2, 0.25) is 0 Å². The van der Waals surface area contributed by atoms with E-state index in [1.807, 2.05) is 19.1 Å². The van der Waals surface area contributed by atoms with Gasteiger partial charge in [0.25, 0.3) is 0 Å². The van der Waals surface area contributed by atoms with E-state index in [1.165, 1.54) is 0 Å². The third kappa shape index (κ3) is 1.80. The maximum Gasteiger partial charge on any atom is 0.177 e. The van der Waals surface area contributed by atoms with Gasteiger partial charge in [0.15, 0.2) is 6.29 Å². The van der Waals surface area contributed by atoms with Gasteiger partial charge in [0, 0.05) is 0 Å². The molecular formula is C7H12O3. The molecule has 0 aliphatic carbocycles. The average molecular weight is 144 g/mol. The molecule has 1 aliphatic heterocycles. The second-order valence-electron chi connectivity index (χ2n) is 2.17. The van der Waals surface area contributed by atoms with Crippen LogP contribution in [0.4, 0.5) is 0 Å². The predicted molar refractivity (Wildman–Crippen MR) is 36.5 cm³/mol. The minimum atomic E-state index is -0.248. The highest BCUT2D eigenvalue weighted by molar-refractivity contribution is 4.84. The van der Waals surface area contributed by atoms with E-state index in [0.29, 0.717) is 6.61 Å². The van der Waals surface area contributed by atoms with E-state index in [-0.39, 0.29) is 19.0 Å². The summed E-state index contributed by atoms with van der Waals surface area (Å²) in [5, 5.41) is 8.62. The maximum absolute atomic E-state index is 8.62. The molecule has 1 heterocycles. The van der Waals surface area contributed by atoms with E-state index in [4.69, 9.17) is 14.6 Å². The van der Waals surface area contributed by atoms with Crippen LogP contribution < -0.4 is 0 Å². The van der Waals surface area contributed by atoms with Crippen molar-refractivity contribution in [3.63, 3.8) is 0 Å². The summed E-state index contributed by atoms with van der Waals surface area (Å²) in [4.78, 5) is 0. The van der Waals surface area contributed by atoms with Crippen LogP contribution >= 0.6 is 0 Å². The van der Waals surface area contributed by atoms with Crippen molar-refractivity contribution in [1.29, 1.82) is 0 Å². The molecule has 0 spiro atoms. The number of aliphatic hydroxyl groups is 1. The highest BCUT2D eigenvalue weighted by Gasteiger charge is 2.22. The third-order valence-corrected chi connectivity index (χ3v) is 1.33. The lowest BCUT2D eigenvalue weighted by Gasteiger charge is -2.03. The van der Waals surface area contributed by atoms with Crippen LogP contribution in [0.2, 0.25) is 0 Å². The van der Waals surface area contributed by atoms with Crippen LogP contribution in [0.25, 0.3) is 0 Å². The lowest BCUT2D eigenvalue weighted by atomic mass is 10.4. The minimum absolute atomic E-state index is 0.0358. The molecule has 2 atom stereocenters. The van der Waals surface area contributed by atoms with Gasteiger partial charge in [-0.1, -0.05) is 6.08 Å². The second-order valence-corrected chi connectivity index (χ2v) is 2.17. The molecule has 1 aliphatic rings. The van der Waals surface area contributed by atoms with Gasteiger partial charge in [-0.05, 0) is 13.0 Å².